The van der Waals surface area contributed by atoms with Crippen molar-refractivity contribution >= 4 is 41.9 Å². The first-order valence-electron chi connectivity index (χ1n) is 5.91. The highest BCUT2D eigenvalue weighted by atomic mass is 79.9. The Morgan fingerprint density at radius 1 is 1.21 bits per heavy atom. The van der Waals surface area contributed by atoms with Crippen LogP contribution in [0.15, 0.2) is 32.0 Å². The average Bonchev–Trinajstić information content (AvgIpc) is 2.31. The predicted octanol–water partition coefficient (Wildman–Crippen LogP) is 3.01. The maximum absolute atomic E-state index is 12.7. The summed E-state index contributed by atoms with van der Waals surface area (Å²) < 4.78 is 33.7. The highest BCUT2D eigenvalue weighted by Gasteiger charge is 2.33. The van der Waals surface area contributed by atoms with Crippen molar-refractivity contribution in [3.8, 4) is 0 Å². The van der Waals surface area contributed by atoms with Crippen LogP contribution < -0.4 is 0 Å². The van der Waals surface area contributed by atoms with Crippen LogP contribution in [0.1, 0.15) is 13.8 Å². The molecule has 0 saturated carbocycles. The van der Waals surface area contributed by atoms with Crippen LogP contribution in [0.25, 0.3) is 0 Å². The Morgan fingerprint density at radius 2 is 1.79 bits per heavy atom. The number of benzene rings is 1. The molecule has 106 valence electrons. The zero-order valence-electron chi connectivity index (χ0n) is 10.6. The number of morpholine rings is 1. The van der Waals surface area contributed by atoms with E-state index < -0.39 is 10.0 Å². The van der Waals surface area contributed by atoms with Crippen molar-refractivity contribution < 1.29 is 13.2 Å². The van der Waals surface area contributed by atoms with Gasteiger partial charge in [-0.1, -0.05) is 15.9 Å². The average molecular weight is 413 g/mol. The summed E-state index contributed by atoms with van der Waals surface area (Å²) in [5, 5.41) is 0. The van der Waals surface area contributed by atoms with E-state index in [2.05, 4.69) is 31.9 Å². The minimum absolute atomic E-state index is 0.0931. The zero-order valence-corrected chi connectivity index (χ0v) is 14.6. The van der Waals surface area contributed by atoms with Crippen LogP contribution in [0.2, 0.25) is 0 Å². The number of nitrogens with zero attached hydrogens (tertiary/aromatic N) is 1. The van der Waals surface area contributed by atoms with Crippen LogP contribution in [0.4, 0.5) is 0 Å². The summed E-state index contributed by atoms with van der Waals surface area (Å²) in [6, 6.07) is 5.14. The molecule has 1 aliphatic heterocycles. The number of halogens is 2. The molecule has 7 heteroatoms. The highest BCUT2D eigenvalue weighted by molar-refractivity contribution is 9.11. The topological polar surface area (TPSA) is 46.6 Å². The van der Waals surface area contributed by atoms with Crippen LogP contribution in [-0.2, 0) is 14.8 Å². The Hall–Kier alpha value is 0.0500. The fourth-order valence-corrected chi connectivity index (χ4v) is 5.19. The van der Waals surface area contributed by atoms with Gasteiger partial charge in [0.05, 0.1) is 17.1 Å². The van der Waals surface area contributed by atoms with Crippen LogP contribution in [0, 0.1) is 0 Å². The lowest BCUT2D eigenvalue weighted by Gasteiger charge is -2.34. The van der Waals surface area contributed by atoms with Crippen LogP contribution in [0.3, 0.4) is 0 Å². The van der Waals surface area contributed by atoms with E-state index in [9.17, 15) is 8.42 Å². The van der Waals surface area contributed by atoms with Gasteiger partial charge in [0.1, 0.15) is 0 Å². The Morgan fingerprint density at radius 3 is 2.37 bits per heavy atom. The summed E-state index contributed by atoms with van der Waals surface area (Å²) in [4.78, 5) is 0.281. The maximum Gasteiger partial charge on any atom is 0.244 e. The van der Waals surface area contributed by atoms with Gasteiger partial charge in [0.25, 0.3) is 0 Å². The lowest BCUT2D eigenvalue weighted by molar-refractivity contribution is -0.0440. The summed E-state index contributed by atoms with van der Waals surface area (Å²) in [5.74, 6) is 0. The first-order chi connectivity index (χ1) is 8.80. The third kappa shape index (κ3) is 3.39. The number of rotatable bonds is 2. The zero-order chi connectivity index (χ0) is 14.2. The van der Waals surface area contributed by atoms with Gasteiger partial charge in [-0.25, -0.2) is 8.42 Å². The van der Waals surface area contributed by atoms with Crippen LogP contribution in [-0.4, -0.2) is 38.0 Å². The largest absolute Gasteiger partial charge is 0.373 e. The van der Waals surface area contributed by atoms with E-state index in [4.69, 9.17) is 4.74 Å². The predicted molar refractivity (Wildman–Crippen MR) is 80.6 cm³/mol. The Balaban J connectivity index is 2.39. The van der Waals surface area contributed by atoms with Crippen molar-refractivity contribution in [2.75, 3.05) is 13.1 Å². The molecular weight excluding hydrogens is 398 g/mol. The van der Waals surface area contributed by atoms with Gasteiger partial charge >= 0.3 is 0 Å². The first kappa shape index (κ1) is 15.4. The van der Waals surface area contributed by atoms with Crippen molar-refractivity contribution in [1.82, 2.24) is 4.31 Å². The molecule has 1 aliphatic rings. The quantitative estimate of drug-likeness (QED) is 0.749. The van der Waals surface area contributed by atoms with Crippen molar-refractivity contribution in [2.45, 2.75) is 31.0 Å². The molecule has 0 N–H and O–H groups in total. The van der Waals surface area contributed by atoms with Crippen molar-refractivity contribution in [2.24, 2.45) is 0 Å². The molecule has 0 bridgehead atoms. The molecule has 0 spiro atoms. The Kier molecular flexibility index (Phi) is 4.72. The number of hydrogen-bond donors (Lipinski definition) is 0. The van der Waals surface area contributed by atoms with Gasteiger partial charge in [0, 0.05) is 22.0 Å². The molecule has 2 rings (SSSR count). The smallest absolute Gasteiger partial charge is 0.244 e. The van der Waals surface area contributed by atoms with E-state index in [1.807, 2.05) is 13.8 Å². The SMILES string of the molecule is C[C@@H]1CN(S(=O)(=O)c2cc(Br)ccc2Br)C[C@@H](C)O1. The number of ether oxygens (including phenoxy) is 1. The second kappa shape index (κ2) is 5.81. The molecule has 1 aromatic rings. The van der Waals surface area contributed by atoms with Gasteiger partial charge in [-0.15, -0.1) is 0 Å². The highest BCUT2D eigenvalue weighted by Crippen LogP contribution is 2.29. The molecule has 4 nitrogen and oxygen atoms in total. The second-order valence-corrected chi connectivity index (χ2v) is 8.33. The normalized spacial score (nSPS) is 25.5. The maximum atomic E-state index is 12.7. The van der Waals surface area contributed by atoms with E-state index in [1.54, 1.807) is 18.2 Å². The fourth-order valence-electron chi connectivity index (χ4n) is 2.14. The minimum atomic E-state index is -3.50. The second-order valence-electron chi connectivity index (χ2n) is 4.65. The van der Waals surface area contributed by atoms with Gasteiger partial charge < -0.3 is 4.74 Å². The summed E-state index contributed by atoms with van der Waals surface area (Å²) in [5.41, 5.74) is 0. The molecule has 0 aromatic heterocycles. The van der Waals surface area contributed by atoms with Crippen LogP contribution in [0.5, 0.6) is 0 Å². The molecule has 1 fully saturated rings. The van der Waals surface area contributed by atoms with Gasteiger partial charge in [0.15, 0.2) is 0 Å². The molecule has 1 saturated heterocycles. The standard InChI is InChI=1S/C12H15Br2NO3S/c1-8-6-15(7-9(2)18-8)19(16,17)12-5-10(13)3-4-11(12)14/h3-5,8-9H,6-7H2,1-2H3/t8-,9-/m1/s1. The Labute approximate surface area is 130 Å². The molecule has 19 heavy (non-hydrogen) atoms. The summed E-state index contributed by atoms with van der Waals surface area (Å²) in [6.45, 7) is 4.53. The van der Waals surface area contributed by atoms with E-state index in [1.165, 1.54) is 4.31 Å². The lowest BCUT2D eigenvalue weighted by Crippen LogP contribution is -2.48. The summed E-state index contributed by atoms with van der Waals surface area (Å²) in [7, 11) is -3.50. The van der Waals surface area contributed by atoms with E-state index in [0.29, 0.717) is 17.6 Å². The molecule has 1 heterocycles. The van der Waals surface area contributed by atoms with Crippen LogP contribution >= 0.6 is 31.9 Å². The first-order valence-corrected chi connectivity index (χ1v) is 8.94. The fraction of sp³-hybridized carbons (Fsp3) is 0.500. The molecule has 0 amide bonds. The number of hydrogen-bond acceptors (Lipinski definition) is 3. The van der Waals surface area contributed by atoms with Crippen molar-refractivity contribution in [1.29, 1.82) is 0 Å². The van der Waals surface area contributed by atoms with E-state index >= 15 is 0 Å². The van der Waals surface area contributed by atoms with Gasteiger partial charge in [0.2, 0.25) is 10.0 Å². The molecule has 2 atom stereocenters. The molecule has 0 radical (unpaired) electrons. The summed E-state index contributed by atoms with van der Waals surface area (Å²) >= 11 is 6.61. The molecular formula is C12H15Br2NO3S. The van der Waals surface area contributed by atoms with Gasteiger partial charge in [-0.3, -0.25) is 0 Å². The number of sulfonamides is 1. The lowest BCUT2D eigenvalue weighted by atomic mass is 10.3. The molecule has 1 aromatic carbocycles. The Bertz CT molecular complexity index is 566. The third-order valence-electron chi connectivity index (χ3n) is 2.90. The molecule has 0 unspecified atom stereocenters. The van der Waals surface area contributed by atoms with E-state index in [0.717, 1.165) is 4.47 Å². The van der Waals surface area contributed by atoms with Crippen molar-refractivity contribution in [3.63, 3.8) is 0 Å². The monoisotopic (exact) mass is 411 g/mol. The molecule has 0 aliphatic carbocycles. The van der Waals surface area contributed by atoms with Gasteiger partial charge in [-0.2, -0.15) is 4.31 Å². The van der Waals surface area contributed by atoms with Crippen molar-refractivity contribution in [3.05, 3.63) is 27.1 Å². The van der Waals surface area contributed by atoms with Gasteiger partial charge in [-0.05, 0) is 48.0 Å². The minimum Gasteiger partial charge on any atom is -0.373 e. The van der Waals surface area contributed by atoms with E-state index in [-0.39, 0.29) is 17.1 Å². The summed E-state index contributed by atoms with van der Waals surface area (Å²) in [6.07, 6.45) is -0.186. The third-order valence-corrected chi connectivity index (χ3v) is 6.22.